The van der Waals surface area contributed by atoms with Crippen LogP contribution in [0.25, 0.3) is 0 Å². The highest BCUT2D eigenvalue weighted by atomic mass is 16.3. The van der Waals surface area contributed by atoms with Gasteiger partial charge in [-0.05, 0) is 81.5 Å². The van der Waals surface area contributed by atoms with Gasteiger partial charge >= 0.3 is 0 Å². The van der Waals surface area contributed by atoms with Gasteiger partial charge in [-0.2, -0.15) is 0 Å². The molecular weight excluding hydrogens is 368 g/mol. The van der Waals surface area contributed by atoms with Gasteiger partial charge in [-0.1, -0.05) is 65.2 Å². The van der Waals surface area contributed by atoms with Crippen LogP contribution in [0, 0.1) is 41.4 Å². The van der Waals surface area contributed by atoms with Crippen molar-refractivity contribution < 1.29 is 10.2 Å². The summed E-state index contributed by atoms with van der Waals surface area (Å²) in [6.07, 6.45) is 16.7. The van der Waals surface area contributed by atoms with Crippen LogP contribution in [0.3, 0.4) is 0 Å². The van der Waals surface area contributed by atoms with Gasteiger partial charge in [0, 0.05) is 5.41 Å². The van der Waals surface area contributed by atoms with Gasteiger partial charge in [0.25, 0.3) is 0 Å². The fourth-order valence-corrected chi connectivity index (χ4v) is 7.18. The lowest BCUT2D eigenvalue weighted by molar-refractivity contribution is -0.0926. The molecule has 0 aliphatic heterocycles. The first kappa shape index (κ1) is 27.0. The van der Waals surface area contributed by atoms with Gasteiger partial charge in [-0.25, -0.2) is 0 Å². The van der Waals surface area contributed by atoms with E-state index in [1.807, 2.05) is 27.7 Å². The topological polar surface area (TPSA) is 40.5 Å². The van der Waals surface area contributed by atoms with Crippen LogP contribution in [0.15, 0.2) is 23.8 Å². The fraction of sp³-hybridized carbons (Fsp3) is 0.786. The molecule has 2 fully saturated rings. The van der Waals surface area contributed by atoms with E-state index >= 15 is 0 Å². The molecule has 7 unspecified atom stereocenters. The normalized spacial score (nSPS) is 41.2. The number of terminal acetylenes is 1. The molecule has 7 atom stereocenters. The van der Waals surface area contributed by atoms with Crippen molar-refractivity contribution in [3.8, 4) is 12.3 Å². The summed E-state index contributed by atoms with van der Waals surface area (Å²) in [5.74, 6) is 5.10. The smallest absolute Gasteiger partial charge is 0.130 e. The Morgan fingerprint density at radius 3 is 2.43 bits per heavy atom. The highest BCUT2D eigenvalue weighted by Crippen LogP contribution is 2.66. The molecule has 0 aromatic rings. The number of hydrogen-bond acceptors (Lipinski definition) is 2. The molecule has 4 rings (SSSR count). The summed E-state index contributed by atoms with van der Waals surface area (Å²) in [6, 6.07) is 0. The van der Waals surface area contributed by atoms with E-state index in [1.165, 1.54) is 6.42 Å². The van der Waals surface area contributed by atoms with Crippen molar-refractivity contribution in [2.24, 2.45) is 29.1 Å². The maximum Gasteiger partial charge on any atom is 0.130 e. The van der Waals surface area contributed by atoms with Crippen LogP contribution in [-0.2, 0) is 0 Å². The van der Waals surface area contributed by atoms with Crippen molar-refractivity contribution in [3.63, 3.8) is 0 Å². The van der Waals surface area contributed by atoms with Crippen molar-refractivity contribution in [1.82, 2.24) is 0 Å². The third-order valence-electron chi connectivity index (χ3n) is 8.33. The lowest BCUT2D eigenvalue weighted by Gasteiger charge is -2.56. The second kappa shape index (κ2) is 11.0. The molecule has 0 saturated heterocycles. The monoisotopic (exact) mass is 416 g/mol. The third kappa shape index (κ3) is 4.31. The van der Waals surface area contributed by atoms with Crippen LogP contribution < -0.4 is 0 Å². The molecule has 4 aliphatic rings. The number of fused-ring (bicyclic) bond motifs is 4. The zero-order chi connectivity index (χ0) is 21.8. The first-order chi connectivity index (χ1) is 13.9. The number of rotatable bonds is 2. The Bertz CT molecular complexity index is 642. The number of allylic oxidation sites excluding steroid dienone is 2. The summed E-state index contributed by atoms with van der Waals surface area (Å²) < 4.78 is 0. The molecule has 0 aromatic heterocycles. The number of aliphatic hydroxyl groups excluding tert-OH is 1. The quantitative estimate of drug-likeness (QED) is 0.379. The minimum Gasteiger partial charge on any atom is -0.393 e. The van der Waals surface area contributed by atoms with Crippen LogP contribution in [0.4, 0.5) is 0 Å². The highest BCUT2D eigenvalue weighted by molar-refractivity contribution is 5.31. The molecular formula is C28H48O2. The predicted molar refractivity (Wildman–Crippen MR) is 130 cm³/mol. The molecule has 2 N–H and O–H groups in total. The van der Waals surface area contributed by atoms with E-state index < -0.39 is 5.60 Å². The Balaban J connectivity index is 0.000000851. The van der Waals surface area contributed by atoms with Crippen molar-refractivity contribution in [2.45, 2.75) is 112 Å². The molecule has 30 heavy (non-hydrogen) atoms. The summed E-state index contributed by atoms with van der Waals surface area (Å²) in [7, 11) is 0. The van der Waals surface area contributed by atoms with Crippen molar-refractivity contribution in [2.75, 3.05) is 0 Å². The van der Waals surface area contributed by atoms with E-state index in [4.69, 9.17) is 6.42 Å². The summed E-state index contributed by atoms with van der Waals surface area (Å²) in [5, 5.41) is 21.3. The second-order valence-corrected chi connectivity index (χ2v) is 9.31. The third-order valence-corrected chi connectivity index (χ3v) is 8.33. The lowest BCUT2D eigenvalue weighted by atomic mass is 9.49. The van der Waals surface area contributed by atoms with Crippen molar-refractivity contribution in [3.05, 3.63) is 23.8 Å². The van der Waals surface area contributed by atoms with E-state index in [9.17, 15) is 10.2 Å². The second-order valence-electron chi connectivity index (χ2n) is 9.31. The number of aliphatic hydroxyl groups is 2. The molecule has 0 spiro atoms. The zero-order valence-electron chi connectivity index (χ0n) is 19.5. The van der Waals surface area contributed by atoms with Gasteiger partial charge in [0.2, 0.25) is 0 Å². The Labute approximate surface area is 187 Å². The Morgan fingerprint density at radius 2 is 1.83 bits per heavy atom. The lowest BCUT2D eigenvalue weighted by Crippen LogP contribution is -2.54. The zero-order valence-corrected chi connectivity index (χ0v) is 19.5. The summed E-state index contributed by atoms with van der Waals surface area (Å²) in [6.45, 7) is 14.3. The standard InChI is InChI=1S/C23H32O2.2C2H6.CH4/c1-4-6-16-14-22(3)20(11-12-23(22,25)5-2)19-9-7-15-13-17(24)8-10-18(15)21(16)19;2*1-2;/h2,4,16-17,19-21,24-25H,1,6-14H2,3H3;2*1-2H3;1H4. The maximum absolute atomic E-state index is 11.2. The van der Waals surface area contributed by atoms with Gasteiger partial charge in [-0.3, -0.25) is 0 Å². The van der Waals surface area contributed by atoms with E-state index in [2.05, 4.69) is 25.5 Å². The maximum atomic E-state index is 11.2. The van der Waals surface area contributed by atoms with E-state index in [0.717, 1.165) is 51.4 Å². The van der Waals surface area contributed by atoms with Gasteiger partial charge in [0.15, 0.2) is 0 Å². The summed E-state index contributed by atoms with van der Waals surface area (Å²) in [5.41, 5.74) is 2.09. The van der Waals surface area contributed by atoms with E-state index in [0.29, 0.717) is 23.7 Å². The molecule has 2 nitrogen and oxygen atoms in total. The van der Waals surface area contributed by atoms with Crippen molar-refractivity contribution in [1.29, 1.82) is 0 Å². The van der Waals surface area contributed by atoms with Crippen LogP contribution in [0.5, 0.6) is 0 Å². The Hall–Kier alpha value is -1.04. The summed E-state index contributed by atoms with van der Waals surface area (Å²) in [4.78, 5) is 0. The summed E-state index contributed by atoms with van der Waals surface area (Å²) >= 11 is 0. The fourth-order valence-electron chi connectivity index (χ4n) is 7.18. The molecule has 2 heteroatoms. The average molecular weight is 417 g/mol. The van der Waals surface area contributed by atoms with Crippen LogP contribution in [0.2, 0.25) is 0 Å². The molecule has 172 valence electrons. The molecule has 2 saturated carbocycles. The minimum absolute atomic E-state index is 0. The van der Waals surface area contributed by atoms with Gasteiger partial charge in [0.05, 0.1) is 6.10 Å². The Morgan fingerprint density at radius 1 is 1.17 bits per heavy atom. The minimum atomic E-state index is -0.945. The highest BCUT2D eigenvalue weighted by Gasteiger charge is 2.63. The molecule has 0 amide bonds. The van der Waals surface area contributed by atoms with E-state index in [-0.39, 0.29) is 18.9 Å². The first-order valence-electron chi connectivity index (χ1n) is 12.1. The van der Waals surface area contributed by atoms with E-state index in [1.54, 1.807) is 11.1 Å². The molecule has 0 radical (unpaired) electrons. The molecule has 0 bridgehead atoms. The molecule has 0 aromatic carbocycles. The van der Waals surface area contributed by atoms with Gasteiger partial charge in [0.1, 0.15) is 5.60 Å². The van der Waals surface area contributed by atoms with Gasteiger partial charge < -0.3 is 10.2 Å². The van der Waals surface area contributed by atoms with Crippen LogP contribution >= 0.6 is 0 Å². The largest absolute Gasteiger partial charge is 0.393 e. The SMILES string of the molecule is C.C#CC1(O)CCC2C3CCC4=C(CCC(O)C4)C3C(CC=C)CC21C.CC.CC. The van der Waals surface area contributed by atoms with Crippen LogP contribution in [0.1, 0.15) is 99.8 Å². The molecule has 0 heterocycles. The van der Waals surface area contributed by atoms with Gasteiger partial charge in [-0.15, -0.1) is 13.0 Å². The predicted octanol–water partition coefficient (Wildman–Crippen LogP) is 6.92. The Kier molecular flexibility index (Phi) is 9.91. The average Bonchev–Trinajstić information content (AvgIpc) is 3.02. The van der Waals surface area contributed by atoms with Crippen molar-refractivity contribution >= 4 is 0 Å². The molecule has 4 aliphatic carbocycles. The number of hydrogen-bond donors (Lipinski definition) is 2. The van der Waals surface area contributed by atoms with Crippen LogP contribution in [-0.4, -0.2) is 21.9 Å². The first-order valence-corrected chi connectivity index (χ1v) is 12.1.